The Kier molecular flexibility index (Phi) is 8.86. The lowest BCUT2D eigenvalue weighted by Gasteiger charge is -2.43. The highest BCUT2D eigenvalue weighted by atomic mass is 35.5. The molecule has 0 unspecified atom stereocenters. The van der Waals surface area contributed by atoms with E-state index in [1.165, 1.54) is 0 Å². The van der Waals surface area contributed by atoms with Crippen molar-refractivity contribution in [3.63, 3.8) is 0 Å². The summed E-state index contributed by atoms with van der Waals surface area (Å²) in [6.45, 7) is 15.2. The summed E-state index contributed by atoms with van der Waals surface area (Å²) < 4.78 is 0. The zero-order valence-corrected chi connectivity index (χ0v) is 25.0. The van der Waals surface area contributed by atoms with Gasteiger partial charge >= 0.3 is 0 Å². The second-order valence-electron chi connectivity index (χ2n) is 13.7. The summed E-state index contributed by atoms with van der Waals surface area (Å²) in [4.78, 5) is 34.4. The van der Waals surface area contributed by atoms with Gasteiger partial charge in [0, 0.05) is 48.7 Å². The number of hydrogen-bond acceptors (Lipinski definition) is 4. The minimum absolute atomic E-state index is 0.00443. The minimum atomic E-state index is -0.821. The summed E-state index contributed by atoms with van der Waals surface area (Å²) >= 11 is 6.17. The Balaban J connectivity index is 1.54. The lowest BCUT2D eigenvalue weighted by Crippen LogP contribution is -2.54. The molecular weight excluding hydrogens is 498 g/mol. The average Bonchev–Trinajstić information content (AvgIpc) is 3.54. The van der Waals surface area contributed by atoms with Gasteiger partial charge in [0.25, 0.3) is 0 Å². The van der Waals surface area contributed by atoms with Crippen molar-refractivity contribution in [2.45, 2.75) is 97.2 Å². The van der Waals surface area contributed by atoms with Crippen LogP contribution in [0.3, 0.4) is 0 Å². The molecule has 212 valence electrons. The van der Waals surface area contributed by atoms with Crippen LogP contribution < -0.4 is 0 Å². The van der Waals surface area contributed by atoms with Gasteiger partial charge in [-0.3, -0.25) is 14.5 Å². The van der Waals surface area contributed by atoms with E-state index >= 15 is 0 Å². The molecule has 1 N–H and O–H groups in total. The van der Waals surface area contributed by atoms with Gasteiger partial charge in [0.15, 0.2) is 0 Å². The quantitative estimate of drug-likeness (QED) is 0.535. The number of benzene rings is 1. The number of rotatable bonds is 6. The van der Waals surface area contributed by atoms with Gasteiger partial charge in [0.05, 0.1) is 24.0 Å². The van der Waals surface area contributed by atoms with Gasteiger partial charge < -0.3 is 14.9 Å². The maximum atomic E-state index is 14.1. The number of carbonyl (C=O) groups is 2. The maximum absolute atomic E-state index is 14.1. The molecule has 1 saturated carbocycles. The lowest BCUT2D eigenvalue weighted by atomic mass is 9.83. The first-order valence-electron chi connectivity index (χ1n) is 14.5. The highest BCUT2D eigenvalue weighted by Crippen LogP contribution is 2.39. The van der Waals surface area contributed by atoms with Gasteiger partial charge in [0.2, 0.25) is 11.8 Å². The second-order valence-corrected chi connectivity index (χ2v) is 14.2. The summed E-state index contributed by atoms with van der Waals surface area (Å²) in [5.74, 6) is 0.906. The fraction of sp³-hybridized carbons (Fsp3) is 0.742. The lowest BCUT2D eigenvalue weighted by molar-refractivity contribution is -0.149. The monoisotopic (exact) mass is 545 g/mol. The molecule has 2 saturated heterocycles. The van der Waals surface area contributed by atoms with Crippen molar-refractivity contribution < 1.29 is 14.7 Å². The Labute approximate surface area is 234 Å². The molecular formula is C31H48ClN3O3. The largest absolute Gasteiger partial charge is 0.395 e. The first kappa shape index (κ1) is 29.4. The van der Waals surface area contributed by atoms with Gasteiger partial charge in [-0.25, -0.2) is 0 Å². The molecule has 0 spiro atoms. The molecule has 0 radical (unpaired) electrons. The Morgan fingerprint density at radius 3 is 2.16 bits per heavy atom. The van der Waals surface area contributed by atoms with Crippen LogP contribution in [-0.2, 0) is 9.59 Å². The summed E-state index contributed by atoms with van der Waals surface area (Å²) in [5.41, 5.74) is 0.316. The fourth-order valence-corrected chi connectivity index (χ4v) is 6.75. The van der Waals surface area contributed by atoms with Crippen molar-refractivity contribution in [3.8, 4) is 0 Å². The van der Waals surface area contributed by atoms with Crippen LogP contribution in [0.1, 0.15) is 85.1 Å². The average molecular weight is 546 g/mol. The number of aliphatic hydroxyl groups is 1. The van der Waals surface area contributed by atoms with Crippen LogP contribution in [0.4, 0.5) is 0 Å². The van der Waals surface area contributed by atoms with Gasteiger partial charge in [0.1, 0.15) is 0 Å². The van der Waals surface area contributed by atoms with Crippen molar-refractivity contribution in [1.82, 2.24) is 14.7 Å². The summed E-state index contributed by atoms with van der Waals surface area (Å²) in [6, 6.07) is 8.16. The van der Waals surface area contributed by atoms with Crippen LogP contribution in [0.2, 0.25) is 5.02 Å². The standard InChI is InChI=1S/C31H48ClN3O3/c1-21-7-13-24(14-8-21)35(29(38)31(5,6)20-36)25-15-16-33(17-25)28(37)27-19-34(30(2,3)4)18-26(27)22-9-11-23(32)12-10-22/h9-12,21,24-27,36H,7-8,13-20H2,1-6H3/t21?,24?,25-,26-,27+/m0/s1. The Bertz CT molecular complexity index is 981. The van der Waals surface area contributed by atoms with Crippen LogP contribution in [0.25, 0.3) is 0 Å². The molecule has 4 rings (SSSR count). The van der Waals surface area contributed by atoms with E-state index in [1.807, 2.05) is 30.9 Å². The van der Waals surface area contributed by atoms with E-state index in [0.717, 1.165) is 50.8 Å². The fourth-order valence-electron chi connectivity index (χ4n) is 6.62. The predicted molar refractivity (Wildman–Crippen MR) is 153 cm³/mol. The number of halogens is 1. The Morgan fingerprint density at radius 2 is 1.58 bits per heavy atom. The third-order valence-corrected chi connectivity index (χ3v) is 9.59. The minimum Gasteiger partial charge on any atom is -0.395 e. The van der Waals surface area contributed by atoms with Crippen molar-refractivity contribution in [2.24, 2.45) is 17.3 Å². The van der Waals surface area contributed by atoms with Crippen molar-refractivity contribution in [3.05, 3.63) is 34.9 Å². The van der Waals surface area contributed by atoms with Crippen LogP contribution in [0.5, 0.6) is 0 Å². The summed E-state index contributed by atoms with van der Waals surface area (Å²) in [5, 5.41) is 10.7. The Hall–Kier alpha value is -1.63. The number of hydrogen-bond donors (Lipinski definition) is 1. The molecule has 38 heavy (non-hydrogen) atoms. The van der Waals surface area contributed by atoms with Gasteiger partial charge in [-0.1, -0.05) is 30.7 Å². The highest BCUT2D eigenvalue weighted by molar-refractivity contribution is 6.30. The molecule has 6 nitrogen and oxygen atoms in total. The van der Waals surface area contributed by atoms with Gasteiger partial charge in [-0.15, -0.1) is 0 Å². The van der Waals surface area contributed by atoms with Crippen LogP contribution >= 0.6 is 11.6 Å². The Morgan fingerprint density at radius 1 is 0.947 bits per heavy atom. The molecule has 3 atom stereocenters. The number of likely N-dealkylation sites (tertiary alicyclic amines) is 2. The third kappa shape index (κ3) is 6.23. The number of nitrogens with zero attached hydrogens (tertiary/aromatic N) is 3. The van der Waals surface area contributed by atoms with Crippen molar-refractivity contribution in [1.29, 1.82) is 0 Å². The molecule has 1 aromatic carbocycles. The van der Waals surface area contributed by atoms with E-state index < -0.39 is 5.41 Å². The molecule has 3 fully saturated rings. The zero-order valence-electron chi connectivity index (χ0n) is 24.3. The SMILES string of the molecule is CC1CCC(N(C(=O)C(C)(C)CO)[C@H]2CCN(C(=O)[C@@H]3CN(C(C)(C)C)C[C@H]3c3ccc(Cl)cc3)C2)CC1. The topological polar surface area (TPSA) is 64.1 Å². The van der Waals surface area contributed by atoms with E-state index in [4.69, 9.17) is 11.6 Å². The molecule has 7 heteroatoms. The number of carbonyl (C=O) groups excluding carboxylic acids is 2. The van der Waals surface area contributed by atoms with E-state index in [0.29, 0.717) is 24.0 Å². The molecule has 3 aliphatic rings. The van der Waals surface area contributed by atoms with E-state index in [9.17, 15) is 14.7 Å². The zero-order chi connectivity index (χ0) is 27.8. The van der Waals surface area contributed by atoms with Gasteiger partial charge in [-0.05, 0) is 90.3 Å². The van der Waals surface area contributed by atoms with Crippen LogP contribution in [0, 0.1) is 17.3 Å². The predicted octanol–water partition coefficient (Wildman–Crippen LogP) is 5.18. The second kappa shape index (κ2) is 11.5. The number of amides is 2. The first-order chi connectivity index (χ1) is 17.8. The molecule has 0 bridgehead atoms. The molecule has 2 heterocycles. The van der Waals surface area contributed by atoms with E-state index in [2.05, 4.69) is 49.6 Å². The summed E-state index contributed by atoms with van der Waals surface area (Å²) in [7, 11) is 0. The van der Waals surface area contributed by atoms with Crippen LogP contribution in [0.15, 0.2) is 24.3 Å². The van der Waals surface area contributed by atoms with Crippen molar-refractivity contribution in [2.75, 3.05) is 32.8 Å². The summed E-state index contributed by atoms with van der Waals surface area (Å²) in [6.07, 6.45) is 5.04. The van der Waals surface area contributed by atoms with Gasteiger partial charge in [-0.2, -0.15) is 0 Å². The molecule has 2 aliphatic heterocycles. The first-order valence-corrected chi connectivity index (χ1v) is 14.9. The maximum Gasteiger partial charge on any atom is 0.231 e. The molecule has 0 aromatic heterocycles. The van der Waals surface area contributed by atoms with E-state index in [1.54, 1.807) is 0 Å². The highest BCUT2D eigenvalue weighted by Gasteiger charge is 2.47. The molecule has 2 amide bonds. The molecule has 1 aliphatic carbocycles. The van der Waals surface area contributed by atoms with E-state index in [-0.39, 0.29) is 47.9 Å². The third-order valence-electron chi connectivity index (χ3n) is 9.34. The normalized spacial score (nSPS) is 29.1. The van der Waals surface area contributed by atoms with Crippen LogP contribution in [-0.4, -0.2) is 82.0 Å². The smallest absolute Gasteiger partial charge is 0.231 e. The van der Waals surface area contributed by atoms with Crippen molar-refractivity contribution >= 4 is 23.4 Å². The number of aliphatic hydroxyl groups excluding tert-OH is 1. The molecule has 1 aromatic rings.